The SMILES string of the molecule is C=C(C)C(=O)OC1(CC)CCCC12CCCC2.CCC1(O)CCCC12CCCC2.O=C1CCCC12CCCC2. The normalized spacial score (nSPS) is 33.3. The summed E-state index contributed by atoms with van der Waals surface area (Å²) < 4.78 is 5.91. The van der Waals surface area contributed by atoms with Crippen LogP contribution in [-0.4, -0.2) is 28.1 Å². The fourth-order valence-electron chi connectivity index (χ4n) is 10.1. The third-order valence-electron chi connectivity index (χ3n) is 12.6. The molecule has 2 atom stereocenters. The fourth-order valence-corrected chi connectivity index (χ4v) is 10.1. The van der Waals surface area contributed by atoms with Gasteiger partial charge in [-0.2, -0.15) is 0 Å². The van der Waals surface area contributed by atoms with Crippen molar-refractivity contribution in [2.75, 3.05) is 0 Å². The van der Waals surface area contributed by atoms with Crippen LogP contribution in [0.25, 0.3) is 0 Å². The Kier molecular flexibility index (Phi) is 9.77. The molecule has 6 rings (SSSR count). The van der Waals surface area contributed by atoms with E-state index in [9.17, 15) is 14.7 Å². The van der Waals surface area contributed by atoms with Gasteiger partial charge >= 0.3 is 5.97 Å². The van der Waals surface area contributed by atoms with Gasteiger partial charge in [-0.25, -0.2) is 4.79 Å². The Morgan fingerprint density at radius 1 is 0.718 bits per heavy atom. The molecule has 39 heavy (non-hydrogen) atoms. The Morgan fingerprint density at radius 3 is 1.72 bits per heavy atom. The van der Waals surface area contributed by atoms with Gasteiger partial charge in [0, 0.05) is 22.8 Å². The maximum absolute atomic E-state index is 11.9. The van der Waals surface area contributed by atoms with Crippen molar-refractivity contribution in [3.05, 3.63) is 12.2 Å². The zero-order valence-electron chi connectivity index (χ0n) is 25.6. The van der Waals surface area contributed by atoms with Crippen LogP contribution in [0.5, 0.6) is 0 Å². The molecular weight excluding hydrogens is 484 g/mol. The Balaban J connectivity index is 0.000000141. The Labute approximate surface area is 239 Å². The fraction of sp³-hybridized carbons (Fsp3) is 0.886. The van der Waals surface area contributed by atoms with E-state index in [0.29, 0.717) is 16.8 Å². The first-order valence-corrected chi connectivity index (χ1v) is 16.8. The minimum absolute atomic E-state index is 0.194. The number of carbonyl (C=O) groups excluding carboxylic acids is 2. The monoisotopic (exact) mass is 542 g/mol. The average molecular weight is 543 g/mol. The topological polar surface area (TPSA) is 63.6 Å². The van der Waals surface area contributed by atoms with Crippen molar-refractivity contribution in [3.8, 4) is 0 Å². The van der Waals surface area contributed by atoms with Gasteiger partial charge < -0.3 is 9.84 Å². The van der Waals surface area contributed by atoms with Crippen LogP contribution in [0.15, 0.2) is 12.2 Å². The van der Waals surface area contributed by atoms with Crippen LogP contribution in [0.3, 0.4) is 0 Å². The van der Waals surface area contributed by atoms with E-state index in [1.165, 1.54) is 116 Å². The van der Waals surface area contributed by atoms with Crippen molar-refractivity contribution >= 4 is 11.8 Å². The lowest BCUT2D eigenvalue weighted by Crippen LogP contribution is -2.45. The number of ether oxygens (including phenoxy) is 1. The summed E-state index contributed by atoms with van der Waals surface area (Å²) >= 11 is 0. The molecule has 0 heterocycles. The molecule has 4 heteroatoms. The number of ketones is 1. The molecule has 1 N–H and O–H groups in total. The zero-order valence-corrected chi connectivity index (χ0v) is 25.6. The molecule has 0 saturated heterocycles. The van der Waals surface area contributed by atoms with E-state index in [-0.39, 0.29) is 28.0 Å². The molecule has 0 aromatic carbocycles. The van der Waals surface area contributed by atoms with Crippen LogP contribution >= 0.6 is 0 Å². The summed E-state index contributed by atoms with van der Waals surface area (Å²) in [6.07, 6.45) is 27.6. The maximum Gasteiger partial charge on any atom is 0.333 e. The molecule has 0 radical (unpaired) electrons. The summed E-state index contributed by atoms with van der Waals surface area (Å²) in [4.78, 5) is 23.3. The van der Waals surface area contributed by atoms with Gasteiger partial charge in [-0.3, -0.25) is 4.79 Å². The standard InChI is InChI=1S/C15H24O2.C11H20O.C9H14O/c1-4-15(17-13(16)12(2)3)11-7-10-14(15)8-5-6-9-14;1-2-11(12)9-5-8-10(11)6-3-4-7-10;10-8-4-3-7-9(8)5-1-2-6-9/h2,4-11H2,1,3H3;12H,2-9H2,1H3;1-7H2. The van der Waals surface area contributed by atoms with Crippen molar-refractivity contribution in [1.82, 2.24) is 0 Å². The van der Waals surface area contributed by atoms with Gasteiger partial charge in [0.05, 0.1) is 5.60 Å². The number of hydrogen-bond acceptors (Lipinski definition) is 4. The first-order chi connectivity index (χ1) is 18.6. The molecule has 222 valence electrons. The van der Waals surface area contributed by atoms with E-state index in [1.54, 1.807) is 6.92 Å². The van der Waals surface area contributed by atoms with Gasteiger partial charge in [-0.1, -0.05) is 59.0 Å². The minimum atomic E-state index is -0.288. The summed E-state index contributed by atoms with van der Waals surface area (Å²) in [5, 5.41) is 10.5. The van der Waals surface area contributed by atoms with Crippen molar-refractivity contribution in [2.24, 2.45) is 16.2 Å². The number of aliphatic hydroxyl groups is 1. The van der Waals surface area contributed by atoms with Gasteiger partial charge in [0.2, 0.25) is 0 Å². The first-order valence-electron chi connectivity index (χ1n) is 16.8. The molecule has 6 saturated carbocycles. The lowest BCUT2D eigenvalue weighted by Gasteiger charge is -2.42. The number of Topliss-reactive ketones (excluding diaryl/α,β-unsaturated/α-hetero) is 1. The van der Waals surface area contributed by atoms with Gasteiger partial charge in [-0.05, 0) is 115 Å². The predicted octanol–water partition coefficient (Wildman–Crippen LogP) is 9.17. The zero-order chi connectivity index (χ0) is 28.2. The van der Waals surface area contributed by atoms with E-state index in [4.69, 9.17) is 4.74 Å². The summed E-state index contributed by atoms with van der Waals surface area (Å²) in [6, 6.07) is 0. The van der Waals surface area contributed by atoms with Gasteiger partial charge in [0.1, 0.15) is 11.4 Å². The lowest BCUT2D eigenvalue weighted by atomic mass is 9.71. The molecular formula is C35H58O4. The summed E-state index contributed by atoms with van der Waals surface area (Å²) in [5.41, 5.74) is 0.885. The Bertz CT molecular complexity index is 855. The smallest absolute Gasteiger partial charge is 0.333 e. The molecule has 3 spiro atoms. The third kappa shape index (κ3) is 5.80. The Morgan fingerprint density at radius 2 is 1.21 bits per heavy atom. The van der Waals surface area contributed by atoms with Gasteiger partial charge in [0.15, 0.2) is 0 Å². The van der Waals surface area contributed by atoms with E-state index < -0.39 is 0 Å². The summed E-state index contributed by atoms with van der Waals surface area (Å²) in [5.74, 6) is 0.380. The first kappa shape index (κ1) is 30.8. The van der Waals surface area contributed by atoms with Crippen LogP contribution < -0.4 is 0 Å². The molecule has 6 aliphatic rings. The number of carbonyl (C=O) groups is 2. The molecule has 0 aromatic heterocycles. The molecule has 0 aromatic rings. The largest absolute Gasteiger partial charge is 0.455 e. The highest BCUT2D eigenvalue weighted by Crippen LogP contribution is 2.60. The lowest BCUT2D eigenvalue weighted by molar-refractivity contribution is -0.169. The second-order valence-electron chi connectivity index (χ2n) is 14.3. The van der Waals surface area contributed by atoms with E-state index in [2.05, 4.69) is 20.4 Å². The van der Waals surface area contributed by atoms with Crippen LogP contribution in [0, 0.1) is 16.2 Å². The molecule has 6 fully saturated rings. The van der Waals surface area contributed by atoms with Crippen LogP contribution in [0.2, 0.25) is 0 Å². The van der Waals surface area contributed by atoms with Crippen molar-refractivity contribution < 1.29 is 19.4 Å². The van der Waals surface area contributed by atoms with Gasteiger partial charge in [-0.15, -0.1) is 0 Å². The van der Waals surface area contributed by atoms with Crippen LogP contribution in [0.4, 0.5) is 0 Å². The van der Waals surface area contributed by atoms with Crippen LogP contribution in [-0.2, 0) is 14.3 Å². The summed E-state index contributed by atoms with van der Waals surface area (Å²) in [7, 11) is 0. The summed E-state index contributed by atoms with van der Waals surface area (Å²) in [6.45, 7) is 9.75. The number of rotatable bonds is 4. The third-order valence-corrected chi connectivity index (χ3v) is 12.6. The highest BCUT2D eigenvalue weighted by atomic mass is 16.6. The van der Waals surface area contributed by atoms with Gasteiger partial charge in [0.25, 0.3) is 0 Å². The highest BCUT2D eigenvalue weighted by Gasteiger charge is 2.57. The number of esters is 1. The average Bonchev–Trinajstić information content (AvgIpc) is 3.77. The predicted molar refractivity (Wildman–Crippen MR) is 158 cm³/mol. The van der Waals surface area contributed by atoms with Crippen molar-refractivity contribution in [2.45, 2.75) is 180 Å². The molecule has 0 amide bonds. The molecule has 0 bridgehead atoms. The van der Waals surface area contributed by atoms with Crippen LogP contribution in [0.1, 0.15) is 168 Å². The number of hydrogen-bond donors (Lipinski definition) is 1. The molecule has 4 nitrogen and oxygen atoms in total. The van der Waals surface area contributed by atoms with E-state index >= 15 is 0 Å². The molecule has 6 aliphatic carbocycles. The second kappa shape index (κ2) is 12.4. The van der Waals surface area contributed by atoms with E-state index in [1.807, 2.05) is 0 Å². The second-order valence-corrected chi connectivity index (χ2v) is 14.3. The van der Waals surface area contributed by atoms with Crippen molar-refractivity contribution in [1.29, 1.82) is 0 Å². The van der Waals surface area contributed by atoms with E-state index in [0.717, 1.165) is 32.1 Å². The quantitative estimate of drug-likeness (QED) is 0.284. The molecule has 2 unspecified atom stereocenters. The van der Waals surface area contributed by atoms with Crippen molar-refractivity contribution in [3.63, 3.8) is 0 Å². The highest BCUT2D eigenvalue weighted by molar-refractivity contribution is 5.87. The maximum atomic E-state index is 11.9. The molecule has 0 aliphatic heterocycles. The minimum Gasteiger partial charge on any atom is -0.455 e. The Hall–Kier alpha value is -1.16.